The molecule has 178 valence electrons. The van der Waals surface area contributed by atoms with E-state index in [2.05, 4.69) is 39.7 Å². The third-order valence-corrected chi connectivity index (χ3v) is 7.51. The summed E-state index contributed by atoms with van der Waals surface area (Å²) in [5.41, 5.74) is 5.91. The second kappa shape index (κ2) is 9.53. The molecule has 1 N–H and O–H groups in total. The molecule has 2 unspecified atom stereocenters. The third kappa shape index (κ3) is 4.16. The van der Waals surface area contributed by atoms with Gasteiger partial charge in [0.2, 0.25) is 0 Å². The van der Waals surface area contributed by atoms with Crippen molar-refractivity contribution < 1.29 is 4.74 Å². The van der Waals surface area contributed by atoms with Crippen molar-refractivity contribution in [1.82, 2.24) is 14.9 Å². The number of aromatic nitrogens is 2. The minimum absolute atomic E-state index is 0.151. The minimum atomic E-state index is -0.154. The molecular formula is C27H24Cl2N4OS. The Morgan fingerprint density at radius 2 is 1.80 bits per heavy atom. The van der Waals surface area contributed by atoms with Crippen molar-refractivity contribution in [3.63, 3.8) is 0 Å². The Labute approximate surface area is 220 Å². The van der Waals surface area contributed by atoms with Crippen LogP contribution in [0.2, 0.25) is 10.0 Å². The van der Waals surface area contributed by atoms with Crippen LogP contribution in [0.3, 0.4) is 0 Å². The maximum atomic E-state index is 6.63. The van der Waals surface area contributed by atoms with Crippen LogP contribution in [0.5, 0.6) is 5.75 Å². The van der Waals surface area contributed by atoms with Crippen molar-refractivity contribution in [2.45, 2.75) is 25.9 Å². The lowest BCUT2D eigenvalue weighted by molar-refractivity contribution is 0.415. The number of ether oxygens (including phenoxy) is 1. The fraction of sp³-hybridized carbons (Fsp3) is 0.185. The molecule has 0 aliphatic carbocycles. The van der Waals surface area contributed by atoms with Crippen molar-refractivity contribution in [3.8, 4) is 11.4 Å². The van der Waals surface area contributed by atoms with Gasteiger partial charge >= 0.3 is 0 Å². The molecule has 0 radical (unpaired) electrons. The Morgan fingerprint density at radius 1 is 1.00 bits per heavy atom. The Morgan fingerprint density at radius 3 is 2.54 bits per heavy atom. The van der Waals surface area contributed by atoms with Gasteiger partial charge in [0.25, 0.3) is 0 Å². The van der Waals surface area contributed by atoms with E-state index in [1.807, 2.05) is 54.6 Å². The summed E-state index contributed by atoms with van der Waals surface area (Å²) in [4.78, 5) is 6.80. The highest BCUT2D eigenvalue weighted by molar-refractivity contribution is 7.80. The molecule has 0 bridgehead atoms. The Bertz CT molecular complexity index is 1410. The number of hydrogen-bond donors (Lipinski definition) is 1. The summed E-state index contributed by atoms with van der Waals surface area (Å²) in [5, 5.41) is 5.19. The number of anilines is 1. The van der Waals surface area contributed by atoms with Crippen molar-refractivity contribution in [2.24, 2.45) is 0 Å². The summed E-state index contributed by atoms with van der Waals surface area (Å²) in [7, 11) is 1.66. The van der Waals surface area contributed by atoms with Crippen LogP contribution >= 0.6 is 35.4 Å². The number of thiocarbonyl (C=S) groups is 1. The van der Waals surface area contributed by atoms with Gasteiger partial charge in [0.15, 0.2) is 5.11 Å². The predicted molar refractivity (Wildman–Crippen MR) is 146 cm³/mol. The molecule has 8 heteroatoms. The SMILES string of the molecule is COc1cccc(N2C(=S)NC(c3ccccn3)C2c2cc(C)n(-c3cccc(Cl)c3Cl)c2C)c1. The van der Waals surface area contributed by atoms with E-state index in [9.17, 15) is 0 Å². The number of halogens is 2. The molecule has 2 atom stereocenters. The number of nitrogens with one attached hydrogen (secondary N) is 1. The van der Waals surface area contributed by atoms with E-state index in [0.717, 1.165) is 39.8 Å². The Hall–Kier alpha value is -3.06. The molecule has 0 saturated carbocycles. The van der Waals surface area contributed by atoms with Crippen molar-refractivity contribution >= 4 is 46.2 Å². The molecule has 5 nitrogen and oxygen atoms in total. The maximum absolute atomic E-state index is 6.63. The zero-order valence-corrected chi connectivity index (χ0v) is 21.8. The lowest BCUT2D eigenvalue weighted by Crippen LogP contribution is -2.29. The second-order valence-electron chi connectivity index (χ2n) is 8.43. The number of methoxy groups -OCH3 is 1. The van der Waals surface area contributed by atoms with Gasteiger partial charge in [-0.25, -0.2) is 0 Å². The molecular weight excluding hydrogens is 499 g/mol. The van der Waals surface area contributed by atoms with Crippen molar-refractivity contribution in [2.75, 3.05) is 12.0 Å². The molecule has 4 aromatic rings. The molecule has 1 fully saturated rings. The van der Waals surface area contributed by atoms with Gasteiger partial charge in [-0.2, -0.15) is 0 Å². The van der Waals surface area contributed by atoms with Crippen molar-refractivity contribution in [1.29, 1.82) is 0 Å². The number of hydrogen-bond acceptors (Lipinski definition) is 3. The van der Waals surface area contributed by atoms with E-state index in [-0.39, 0.29) is 12.1 Å². The standard InChI is InChI=1S/C27H24Cl2N4OS/c1-16-14-20(17(2)32(16)23-12-7-10-21(28)24(23)29)26-25(22-11-4-5-13-30-22)31-27(35)33(26)18-8-6-9-19(15-18)34-3/h4-15,25-26H,1-3H3,(H,31,35). The first-order valence-electron chi connectivity index (χ1n) is 11.2. The van der Waals surface area contributed by atoms with Crippen LogP contribution in [-0.4, -0.2) is 21.8 Å². The van der Waals surface area contributed by atoms with Gasteiger partial charge in [-0.05, 0) is 74.1 Å². The zero-order valence-electron chi connectivity index (χ0n) is 19.5. The van der Waals surface area contributed by atoms with Crippen LogP contribution in [0.1, 0.15) is 34.7 Å². The van der Waals surface area contributed by atoms with Gasteiger partial charge < -0.3 is 19.5 Å². The number of aryl methyl sites for hydroxylation is 1. The van der Waals surface area contributed by atoms with Crippen LogP contribution in [0.4, 0.5) is 5.69 Å². The van der Waals surface area contributed by atoms with Gasteiger partial charge in [0, 0.05) is 29.3 Å². The van der Waals surface area contributed by atoms with E-state index in [1.54, 1.807) is 19.4 Å². The summed E-state index contributed by atoms with van der Waals surface area (Å²) in [6.07, 6.45) is 1.81. The normalized spacial score (nSPS) is 17.5. The number of benzene rings is 2. The highest BCUT2D eigenvalue weighted by Crippen LogP contribution is 2.44. The number of rotatable bonds is 5. The van der Waals surface area contributed by atoms with Crippen molar-refractivity contribution in [3.05, 3.63) is 106 Å². The Kier molecular flexibility index (Phi) is 6.45. The summed E-state index contributed by atoms with van der Waals surface area (Å²) >= 11 is 18.9. The summed E-state index contributed by atoms with van der Waals surface area (Å²) in [6, 6.07) is 21.4. The molecule has 3 heterocycles. The van der Waals surface area contributed by atoms with Crippen LogP contribution in [0, 0.1) is 13.8 Å². The molecule has 0 spiro atoms. The molecule has 35 heavy (non-hydrogen) atoms. The maximum Gasteiger partial charge on any atom is 0.174 e. The summed E-state index contributed by atoms with van der Waals surface area (Å²) < 4.78 is 7.64. The zero-order chi connectivity index (χ0) is 24.7. The minimum Gasteiger partial charge on any atom is -0.497 e. The highest BCUT2D eigenvalue weighted by atomic mass is 35.5. The largest absolute Gasteiger partial charge is 0.497 e. The molecule has 5 rings (SSSR count). The summed E-state index contributed by atoms with van der Waals surface area (Å²) in [5.74, 6) is 0.765. The second-order valence-corrected chi connectivity index (χ2v) is 9.60. The molecule has 0 amide bonds. The van der Waals surface area contributed by atoms with Gasteiger partial charge in [-0.3, -0.25) is 4.98 Å². The third-order valence-electron chi connectivity index (χ3n) is 6.39. The van der Waals surface area contributed by atoms with Crippen LogP contribution in [0.15, 0.2) is 72.9 Å². The molecule has 2 aromatic carbocycles. The first kappa shape index (κ1) is 23.7. The first-order chi connectivity index (χ1) is 16.9. The smallest absolute Gasteiger partial charge is 0.174 e. The van der Waals surface area contributed by atoms with Gasteiger partial charge in [-0.15, -0.1) is 0 Å². The first-order valence-corrected chi connectivity index (χ1v) is 12.3. The monoisotopic (exact) mass is 522 g/mol. The average Bonchev–Trinajstić information content (AvgIpc) is 3.36. The summed E-state index contributed by atoms with van der Waals surface area (Å²) in [6.45, 7) is 4.17. The molecule has 1 aliphatic heterocycles. The van der Waals surface area contributed by atoms with Gasteiger partial charge in [0.05, 0.1) is 40.6 Å². The quantitative estimate of drug-likeness (QED) is 0.286. The fourth-order valence-corrected chi connectivity index (χ4v) is 5.56. The highest BCUT2D eigenvalue weighted by Gasteiger charge is 2.42. The van der Waals surface area contributed by atoms with Crippen LogP contribution in [0.25, 0.3) is 5.69 Å². The van der Waals surface area contributed by atoms with E-state index in [1.165, 1.54) is 0 Å². The van der Waals surface area contributed by atoms with E-state index in [0.29, 0.717) is 15.2 Å². The van der Waals surface area contributed by atoms with Gasteiger partial charge in [-0.1, -0.05) is 41.4 Å². The number of pyridine rings is 1. The van der Waals surface area contributed by atoms with E-state index < -0.39 is 0 Å². The lowest BCUT2D eigenvalue weighted by atomic mass is 9.96. The predicted octanol–water partition coefficient (Wildman–Crippen LogP) is 6.98. The van der Waals surface area contributed by atoms with E-state index >= 15 is 0 Å². The Balaban J connectivity index is 1.70. The topological polar surface area (TPSA) is 42.3 Å². The molecule has 2 aromatic heterocycles. The number of nitrogens with zero attached hydrogens (tertiary/aromatic N) is 3. The van der Waals surface area contributed by atoms with Gasteiger partial charge in [0.1, 0.15) is 5.75 Å². The average molecular weight is 523 g/mol. The molecule has 1 aliphatic rings. The molecule has 1 saturated heterocycles. The van der Waals surface area contributed by atoms with E-state index in [4.69, 9.17) is 40.2 Å². The van der Waals surface area contributed by atoms with Crippen LogP contribution in [-0.2, 0) is 0 Å². The lowest BCUT2D eigenvalue weighted by Gasteiger charge is -2.28. The van der Waals surface area contributed by atoms with Crippen LogP contribution < -0.4 is 15.0 Å². The fourth-order valence-electron chi connectivity index (χ4n) is 4.83.